The van der Waals surface area contributed by atoms with Gasteiger partial charge in [0.2, 0.25) is 5.75 Å². The van der Waals surface area contributed by atoms with Crippen LogP contribution in [0.2, 0.25) is 0 Å². The first-order chi connectivity index (χ1) is 12.8. The number of phenolic OH excluding ortho intramolecular Hbond substituents is 3. The maximum atomic E-state index is 12.8. The van der Waals surface area contributed by atoms with Crippen molar-refractivity contribution in [2.45, 2.75) is 12.4 Å². The smallest absolute Gasteiger partial charge is 0.416 e. The number of aromatic hydroxyl groups is 3. The van der Waals surface area contributed by atoms with Crippen LogP contribution in [-0.4, -0.2) is 27.4 Å². The normalized spacial score (nSPS) is 12.4. The predicted octanol–water partition coefficient (Wildman–Crippen LogP) is 3.60. The minimum atomic E-state index is -5.12. The molecule has 0 bridgehead atoms. The largest absolute Gasteiger partial charge is 0.504 e. The number of halogens is 6. The third kappa shape index (κ3) is 4.64. The van der Waals surface area contributed by atoms with E-state index in [2.05, 4.69) is 5.10 Å². The highest BCUT2D eigenvalue weighted by atomic mass is 19.4. The van der Waals surface area contributed by atoms with Gasteiger partial charge in [-0.1, -0.05) is 0 Å². The molecule has 0 atom stereocenters. The van der Waals surface area contributed by atoms with Gasteiger partial charge in [0.05, 0.1) is 17.3 Å². The van der Waals surface area contributed by atoms with Crippen molar-refractivity contribution in [1.82, 2.24) is 5.43 Å². The zero-order valence-electron chi connectivity index (χ0n) is 13.4. The van der Waals surface area contributed by atoms with Gasteiger partial charge >= 0.3 is 12.4 Å². The molecule has 28 heavy (non-hydrogen) atoms. The molecule has 2 aromatic rings. The summed E-state index contributed by atoms with van der Waals surface area (Å²) in [4.78, 5) is 11.9. The summed E-state index contributed by atoms with van der Waals surface area (Å²) in [6.07, 6.45) is -9.48. The number of hydrogen-bond donors (Lipinski definition) is 4. The van der Waals surface area contributed by atoms with Crippen LogP contribution in [0.3, 0.4) is 0 Å². The molecule has 2 rings (SSSR count). The summed E-state index contributed by atoms with van der Waals surface area (Å²) in [6, 6.07) is 2.37. The fraction of sp³-hybridized carbons (Fsp3) is 0.125. The lowest BCUT2D eigenvalue weighted by molar-refractivity contribution is -0.143. The number of amides is 1. The van der Waals surface area contributed by atoms with Crippen molar-refractivity contribution in [3.05, 3.63) is 52.6 Å². The number of benzene rings is 2. The van der Waals surface area contributed by atoms with Gasteiger partial charge in [0.25, 0.3) is 5.91 Å². The highest BCUT2D eigenvalue weighted by Gasteiger charge is 2.37. The van der Waals surface area contributed by atoms with Crippen LogP contribution in [0.15, 0.2) is 35.4 Å². The van der Waals surface area contributed by atoms with E-state index in [1.54, 1.807) is 5.43 Å². The molecule has 12 heteroatoms. The van der Waals surface area contributed by atoms with Crippen LogP contribution >= 0.6 is 0 Å². The first-order valence-corrected chi connectivity index (χ1v) is 7.17. The molecular weight excluding hydrogens is 398 g/mol. The Kier molecular flexibility index (Phi) is 5.43. The standard InChI is InChI=1S/C16H10F6N2O4/c17-15(18,19)9-3-8(4-10(5-9)16(20,21)22)14(28)24-23-6-7-1-2-11(25)13(27)12(7)26/h1-6,25-27H,(H,24,28)/b23-6+. The lowest BCUT2D eigenvalue weighted by Gasteiger charge is -2.13. The number of carbonyl (C=O) groups is 1. The Labute approximate surface area is 152 Å². The van der Waals surface area contributed by atoms with Gasteiger partial charge in [-0.15, -0.1) is 0 Å². The Morgan fingerprint density at radius 1 is 0.893 bits per heavy atom. The molecule has 0 spiro atoms. The molecule has 0 aromatic heterocycles. The summed E-state index contributed by atoms with van der Waals surface area (Å²) >= 11 is 0. The quantitative estimate of drug-likeness (QED) is 0.270. The van der Waals surface area contributed by atoms with Gasteiger partial charge in [0.1, 0.15) is 0 Å². The molecular formula is C16H10F6N2O4. The predicted molar refractivity (Wildman–Crippen MR) is 82.9 cm³/mol. The number of hydrazone groups is 1. The minimum absolute atomic E-state index is 0.128. The number of alkyl halides is 6. The van der Waals surface area contributed by atoms with E-state index in [4.69, 9.17) is 5.11 Å². The van der Waals surface area contributed by atoms with Gasteiger partial charge in [-0.05, 0) is 30.3 Å². The Bertz CT molecular complexity index is 906. The Morgan fingerprint density at radius 2 is 1.43 bits per heavy atom. The van der Waals surface area contributed by atoms with Crippen LogP contribution < -0.4 is 5.43 Å². The van der Waals surface area contributed by atoms with Gasteiger partial charge in [0, 0.05) is 11.1 Å². The molecule has 6 nitrogen and oxygen atoms in total. The Hall–Kier alpha value is -3.44. The number of hydrogen-bond acceptors (Lipinski definition) is 5. The first-order valence-electron chi connectivity index (χ1n) is 7.17. The molecule has 0 aliphatic rings. The second-order valence-corrected chi connectivity index (χ2v) is 5.36. The van der Waals surface area contributed by atoms with E-state index < -0.39 is 52.2 Å². The van der Waals surface area contributed by atoms with E-state index in [-0.39, 0.29) is 23.8 Å². The molecule has 0 fully saturated rings. The fourth-order valence-electron chi connectivity index (χ4n) is 2.00. The summed E-state index contributed by atoms with van der Waals surface area (Å²) in [7, 11) is 0. The van der Waals surface area contributed by atoms with Gasteiger partial charge in [-0.25, -0.2) is 5.43 Å². The van der Waals surface area contributed by atoms with Gasteiger partial charge in [0.15, 0.2) is 11.5 Å². The van der Waals surface area contributed by atoms with Crippen LogP contribution in [0.1, 0.15) is 27.0 Å². The van der Waals surface area contributed by atoms with E-state index in [1.165, 1.54) is 0 Å². The van der Waals surface area contributed by atoms with Crippen molar-refractivity contribution in [1.29, 1.82) is 0 Å². The monoisotopic (exact) mass is 408 g/mol. The summed E-state index contributed by atoms with van der Waals surface area (Å²) in [5.74, 6) is -3.72. The molecule has 4 N–H and O–H groups in total. The van der Waals surface area contributed by atoms with Crippen molar-refractivity contribution in [3.8, 4) is 17.2 Å². The van der Waals surface area contributed by atoms with E-state index in [9.17, 15) is 41.4 Å². The van der Waals surface area contributed by atoms with E-state index in [0.717, 1.165) is 18.3 Å². The lowest BCUT2D eigenvalue weighted by Crippen LogP contribution is -2.20. The topological polar surface area (TPSA) is 102 Å². The van der Waals surface area contributed by atoms with Crippen molar-refractivity contribution in [3.63, 3.8) is 0 Å². The number of carbonyl (C=O) groups excluding carboxylic acids is 1. The number of phenols is 3. The lowest BCUT2D eigenvalue weighted by atomic mass is 10.0. The molecule has 0 saturated carbocycles. The third-order valence-corrected chi connectivity index (χ3v) is 3.38. The minimum Gasteiger partial charge on any atom is -0.504 e. The van der Waals surface area contributed by atoms with Gasteiger partial charge < -0.3 is 15.3 Å². The van der Waals surface area contributed by atoms with Crippen LogP contribution in [0, 0.1) is 0 Å². The Morgan fingerprint density at radius 3 is 1.93 bits per heavy atom. The maximum absolute atomic E-state index is 12.8. The zero-order valence-corrected chi connectivity index (χ0v) is 13.4. The molecule has 0 radical (unpaired) electrons. The summed E-state index contributed by atoms with van der Waals surface area (Å²) in [5, 5.41) is 31.3. The van der Waals surface area contributed by atoms with Crippen molar-refractivity contribution < 1.29 is 46.5 Å². The second kappa shape index (κ2) is 7.29. The number of nitrogens with zero attached hydrogens (tertiary/aromatic N) is 1. The van der Waals surface area contributed by atoms with Crippen molar-refractivity contribution in [2.75, 3.05) is 0 Å². The molecule has 0 aliphatic carbocycles. The SMILES string of the molecule is O=C(N/N=C/c1ccc(O)c(O)c1O)c1cc(C(F)(F)F)cc(C(F)(F)F)c1. The molecule has 0 heterocycles. The molecule has 1 amide bonds. The molecule has 2 aromatic carbocycles. The van der Waals surface area contributed by atoms with Gasteiger partial charge in [-0.3, -0.25) is 4.79 Å². The van der Waals surface area contributed by atoms with Crippen LogP contribution in [-0.2, 0) is 12.4 Å². The summed E-state index contributed by atoms with van der Waals surface area (Å²) in [5.41, 5.74) is -2.78. The van der Waals surface area contributed by atoms with Crippen molar-refractivity contribution >= 4 is 12.1 Å². The summed E-state index contributed by atoms with van der Waals surface area (Å²) in [6.45, 7) is 0. The van der Waals surface area contributed by atoms with Gasteiger partial charge in [-0.2, -0.15) is 31.4 Å². The van der Waals surface area contributed by atoms with E-state index in [0.29, 0.717) is 0 Å². The number of rotatable bonds is 3. The van der Waals surface area contributed by atoms with Crippen LogP contribution in [0.25, 0.3) is 0 Å². The summed E-state index contributed by atoms with van der Waals surface area (Å²) < 4.78 is 76.7. The third-order valence-electron chi connectivity index (χ3n) is 3.38. The average Bonchev–Trinajstić information content (AvgIpc) is 2.59. The first kappa shape index (κ1) is 20.9. The molecule has 0 unspecified atom stereocenters. The Balaban J connectivity index is 2.30. The van der Waals surface area contributed by atoms with Crippen molar-refractivity contribution in [2.24, 2.45) is 5.10 Å². The second-order valence-electron chi connectivity index (χ2n) is 5.36. The average molecular weight is 408 g/mol. The zero-order chi connectivity index (χ0) is 21.3. The highest BCUT2D eigenvalue weighted by Crippen LogP contribution is 2.37. The van der Waals surface area contributed by atoms with E-state index >= 15 is 0 Å². The number of nitrogens with one attached hydrogen (secondary N) is 1. The fourth-order valence-corrected chi connectivity index (χ4v) is 2.00. The molecule has 0 saturated heterocycles. The van der Waals surface area contributed by atoms with Crippen LogP contribution in [0.5, 0.6) is 17.2 Å². The molecule has 150 valence electrons. The molecule has 0 aliphatic heterocycles. The maximum Gasteiger partial charge on any atom is 0.416 e. The van der Waals surface area contributed by atoms with E-state index in [1.807, 2.05) is 0 Å². The van der Waals surface area contributed by atoms with Crippen LogP contribution in [0.4, 0.5) is 26.3 Å². The highest BCUT2D eigenvalue weighted by molar-refractivity contribution is 5.95.